The van der Waals surface area contributed by atoms with E-state index >= 15 is 0 Å². The van der Waals surface area contributed by atoms with E-state index in [0.717, 1.165) is 30.6 Å². The van der Waals surface area contributed by atoms with E-state index < -0.39 is 11.3 Å². The second kappa shape index (κ2) is 8.48. The molecule has 2 heterocycles. The number of aromatic nitrogens is 3. The largest absolute Gasteiger partial charge is 0.335 e. The SMILES string of the molecule is CC(Sc1n[nH]c(-c2cccs2)n1)C(=O)NC(=O)NC1CCCCC1. The van der Waals surface area contributed by atoms with Crippen LogP contribution in [-0.2, 0) is 4.79 Å². The van der Waals surface area contributed by atoms with Crippen molar-refractivity contribution in [3.63, 3.8) is 0 Å². The number of hydrogen-bond acceptors (Lipinski definition) is 6. The second-order valence-corrected chi connectivity index (χ2v) is 8.26. The first-order valence-corrected chi connectivity index (χ1v) is 10.1. The Kier molecular flexibility index (Phi) is 6.09. The molecule has 0 spiro atoms. The zero-order valence-corrected chi connectivity index (χ0v) is 15.6. The quantitative estimate of drug-likeness (QED) is 0.693. The average molecular weight is 380 g/mol. The molecule has 0 aromatic carbocycles. The molecule has 1 unspecified atom stereocenters. The lowest BCUT2D eigenvalue weighted by Gasteiger charge is -2.22. The van der Waals surface area contributed by atoms with Crippen LogP contribution in [-0.4, -0.2) is 38.4 Å². The third-order valence-corrected chi connectivity index (χ3v) is 5.89. The molecule has 0 aliphatic heterocycles. The Labute approximate surface area is 154 Å². The highest BCUT2D eigenvalue weighted by Gasteiger charge is 2.21. The molecule has 134 valence electrons. The minimum Gasteiger partial charge on any atom is -0.335 e. The van der Waals surface area contributed by atoms with Crippen LogP contribution in [0.3, 0.4) is 0 Å². The molecule has 1 fully saturated rings. The second-order valence-electron chi connectivity index (χ2n) is 6.00. The van der Waals surface area contributed by atoms with Crippen LogP contribution in [0.2, 0.25) is 0 Å². The molecule has 1 aliphatic rings. The van der Waals surface area contributed by atoms with Gasteiger partial charge >= 0.3 is 6.03 Å². The summed E-state index contributed by atoms with van der Waals surface area (Å²) >= 11 is 2.78. The minimum absolute atomic E-state index is 0.172. The Balaban J connectivity index is 1.48. The summed E-state index contributed by atoms with van der Waals surface area (Å²) in [5, 5.41) is 14.2. The van der Waals surface area contributed by atoms with Gasteiger partial charge in [0.05, 0.1) is 10.1 Å². The maximum absolute atomic E-state index is 12.2. The number of nitrogens with one attached hydrogen (secondary N) is 3. The third-order valence-electron chi connectivity index (χ3n) is 4.05. The van der Waals surface area contributed by atoms with Gasteiger partial charge in [-0.1, -0.05) is 37.1 Å². The lowest BCUT2D eigenvalue weighted by Crippen LogP contribution is -2.47. The first-order valence-electron chi connectivity index (χ1n) is 8.36. The van der Waals surface area contributed by atoms with Crippen molar-refractivity contribution in [3.8, 4) is 10.7 Å². The smallest absolute Gasteiger partial charge is 0.321 e. The van der Waals surface area contributed by atoms with Gasteiger partial charge in [-0.25, -0.2) is 9.78 Å². The van der Waals surface area contributed by atoms with Crippen molar-refractivity contribution in [2.75, 3.05) is 0 Å². The predicted molar refractivity (Wildman–Crippen MR) is 98.6 cm³/mol. The predicted octanol–water partition coefficient (Wildman–Crippen LogP) is 3.17. The number of amides is 3. The zero-order valence-electron chi connectivity index (χ0n) is 13.9. The molecule has 7 nitrogen and oxygen atoms in total. The number of urea groups is 1. The molecule has 9 heteroatoms. The Morgan fingerprint density at radius 3 is 2.88 bits per heavy atom. The molecule has 0 bridgehead atoms. The molecule has 0 saturated heterocycles. The summed E-state index contributed by atoms with van der Waals surface area (Å²) < 4.78 is 0. The van der Waals surface area contributed by atoms with Gasteiger partial charge in [-0.05, 0) is 31.2 Å². The van der Waals surface area contributed by atoms with E-state index in [2.05, 4.69) is 25.8 Å². The van der Waals surface area contributed by atoms with Crippen LogP contribution < -0.4 is 10.6 Å². The van der Waals surface area contributed by atoms with Gasteiger partial charge in [-0.3, -0.25) is 15.2 Å². The van der Waals surface area contributed by atoms with E-state index in [0.29, 0.717) is 11.0 Å². The van der Waals surface area contributed by atoms with E-state index in [1.165, 1.54) is 18.2 Å². The number of aromatic amines is 1. The van der Waals surface area contributed by atoms with Crippen molar-refractivity contribution in [2.45, 2.75) is 55.5 Å². The van der Waals surface area contributed by atoms with Crippen molar-refractivity contribution in [3.05, 3.63) is 17.5 Å². The van der Waals surface area contributed by atoms with Crippen molar-refractivity contribution in [1.29, 1.82) is 0 Å². The summed E-state index contributed by atoms with van der Waals surface area (Å²) in [5.41, 5.74) is 0. The van der Waals surface area contributed by atoms with Crippen LogP contribution in [0.15, 0.2) is 22.7 Å². The van der Waals surface area contributed by atoms with Crippen LogP contribution in [0.25, 0.3) is 10.7 Å². The lowest BCUT2D eigenvalue weighted by molar-refractivity contribution is -0.119. The van der Waals surface area contributed by atoms with Crippen LogP contribution in [0, 0.1) is 0 Å². The van der Waals surface area contributed by atoms with Gasteiger partial charge < -0.3 is 5.32 Å². The molecule has 1 aliphatic carbocycles. The molecule has 0 radical (unpaired) electrons. The number of carbonyl (C=O) groups excluding carboxylic acids is 2. The topological polar surface area (TPSA) is 99.8 Å². The number of hydrogen-bond donors (Lipinski definition) is 3. The van der Waals surface area contributed by atoms with E-state index in [-0.39, 0.29) is 11.9 Å². The van der Waals surface area contributed by atoms with Gasteiger partial charge in [0, 0.05) is 6.04 Å². The average Bonchev–Trinajstić information content (AvgIpc) is 3.26. The van der Waals surface area contributed by atoms with Crippen molar-refractivity contribution in [2.24, 2.45) is 0 Å². The summed E-state index contributed by atoms with van der Waals surface area (Å²) in [7, 11) is 0. The standard InChI is InChI=1S/C16H21N5O2S2/c1-10(14(22)19-15(23)17-11-6-3-2-4-7-11)25-16-18-13(20-21-16)12-8-5-9-24-12/h5,8-11H,2-4,6-7H2,1H3,(H,18,20,21)(H2,17,19,22,23). The number of carbonyl (C=O) groups is 2. The fraction of sp³-hybridized carbons (Fsp3) is 0.500. The molecule has 25 heavy (non-hydrogen) atoms. The van der Waals surface area contributed by atoms with Gasteiger partial charge in [-0.2, -0.15) is 0 Å². The maximum Gasteiger partial charge on any atom is 0.321 e. The summed E-state index contributed by atoms with van der Waals surface area (Å²) in [6.45, 7) is 1.73. The highest BCUT2D eigenvalue weighted by Crippen LogP contribution is 2.25. The summed E-state index contributed by atoms with van der Waals surface area (Å²) in [6.07, 6.45) is 5.44. The number of thiophene rings is 1. The van der Waals surface area contributed by atoms with E-state index in [1.807, 2.05) is 17.5 Å². The normalized spacial score (nSPS) is 16.4. The molecule has 2 aromatic rings. The number of imide groups is 1. The maximum atomic E-state index is 12.2. The number of H-pyrrole nitrogens is 1. The van der Waals surface area contributed by atoms with Crippen molar-refractivity contribution < 1.29 is 9.59 Å². The van der Waals surface area contributed by atoms with E-state index in [9.17, 15) is 9.59 Å². The fourth-order valence-electron chi connectivity index (χ4n) is 2.72. The lowest BCUT2D eigenvalue weighted by atomic mass is 9.96. The van der Waals surface area contributed by atoms with Crippen LogP contribution in [0.5, 0.6) is 0 Å². The highest BCUT2D eigenvalue weighted by molar-refractivity contribution is 8.00. The Hall–Kier alpha value is -1.87. The molecular weight excluding hydrogens is 358 g/mol. The Morgan fingerprint density at radius 2 is 2.16 bits per heavy atom. The number of thioether (sulfide) groups is 1. The first-order chi connectivity index (χ1) is 12.1. The first kappa shape index (κ1) is 17.9. The Morgan fingerprint density at radius 1 is 1.36 bits per heavy atom. The molecule has 3 rings (SSSR count). The highest BCUT2D eigenvalue weighted by atomic mass is 32.2. The minimum atomic E-state index is -0.468. The summed E-state index contributed by atoms with van der Waals surface area (Å²) in [6, 6.07) is 3.64. The van der Waals surface area contributed by atoms with Crippen LogP contribution >= 0.6 is 23.1 Å². The molecule has 3 N–H and O–H groups in total. The summed E-state index contributed by atoms with van der Waals surface area (Å²) in [5.74, 6) is 0.334. The molecular formula is C16H21N5O2S2. The monoisotopic (exact) mass is 379 g/mol. The van der Waals surface area contributed by atoms with Gasteiger partial charge in [0.15, 0.2) is 5.82 Å². The van der Waals surface area contributed by atoms with E-state index in [1.54, 1.807) is 18.3 Å². The zero-order chi connectivity index (χ0) is 17.6. The fourth-order valence-corrected chi connectivity index (χ4v) is 4.10. The van der Waals surface area contributed by atoms with E-state index in [4.69, 9.17) is 0 Å². The third kappa shape index (κ3) is 5.05. The van der Waals surface area contributed by atoms with Gasteiger partial charge in [0.1, 0.15) is 0 Å². The molecule has 1 saturated carbocycles. The van der Waals surface area contributed by atoms with Gasteiger partial charge in [0.2, 0.25) is 11.1 Å². The number of rotatable bonds is 5. The van der Waals surface area contributed by atoms with Gasteiger partial charge in [-0.15, -0.1) is 16.4 Å². The summed E-state index contributed by atoms with van der Waals surface area (Å²) in [4.78, 5) is 29.5. The van der Waals surface area contributed by atoms with Crippen LogP contribution in [0.4, 0.5) is 4.79 Å². The molecule has 3 amide bonds. The van der Waals surface area contributed by atoms with Gasteiger partial charge in [0.25, 0.3) is 0 Å². The van der Waals surface area contributed by atoms with Crippen molar-refractivity contribution >= 4 is 35.0 Å². The van der Waals surface area contributed by atoms with Crippen molar-refractivity contribution in [1.82, 2.24) is 25.8 Å². The number of nitrogens with zero attached hydrogens (tertiary/aromatic N) is 2. The molecule has 2 aromatic heterocycles. The Bertz CT molecular complexity index is 710. The van der Waals surface area contributed by atoms with Crippen LogP contribution in [0.1, 0.15) is 39.0 Å². The molecule has 1 atom stereocenters.